The first-order valence-electron chi connectivity index (χ1n) is 8.30. The van der Waals surface area contributed by atoms with E-state index in [1.165, 1.54) is 5.56 Å². The van der Waals surface area contributed by atoms with E-state index in [1.807, 2.05) is 12.1 Å². The number of hydrogen-bond acceptors (Lipinski definition) is 3. The predicted octanol–water partition coefficient (Wildman–Crippen LogP) is 2.58. The summed E-state index contributed by atoms with van der Waals surface area (Å²) in [5.41, 5.74) is 3.57. The first-order chi connectivity index (χ1) is 11.4. The summed E-state index contributed by atoms with van der Waals surface area (Å²) in [4.78, 5) is 10.7. The van der Waals surface area contributed by atoms with Crippen molar-refractivity contribution in [2.24, 2.45) is 0 Å². The van der Waals surface area contributed by atoms with Crippen LogP contribution in [0.4, 0.5) is 0 Å². The highest BCUT2D eigenvalue weighted by molar-refractivity contribution is 5.74. The SMILES string of the molecule is c1ccc(CN2CCN[C@H](Cc3nc4ccccc4[nH]3)C2)cc1. The normalized spacial score (nSPS) is 19.2. The lowest BCUT2D eigenvalue weighted by Crippen LogP contribution is -2.51. The highest BCUT2D eigenvalue weighted by Crippen LogP contribution is 2.13. The molecule has 0 spiro atoms. The Morgan fingerprint density at radius 1 is 1.04 bits per heavy atom. The van der Waals surface area contributed by atoms with Gasteiger partial charge in [0.15, 0.2) is 0 Å². The van der Waals surface area contributed by atoms with Crippen LogP contribution < -0.4 is 5.32 Å². The Morgan fingerprint density at radius 3 is 2.74 bits per heavy atom. The minimum atomic E-state index is 0.452. The number of nitrogens with one attached hydrogen (secondary N) is 2. The van der Waals surface area contributed by atoms with Crippen LogP contribution in [0.3, 0.4) is 0 Å². The van der Waals surface area contributed by atoms with Gasteiger partial charge < -0.3 is 10.3 Å². The molecule has 0 unspecified atom stereocenters. The molecule has 23 heavy (non-hydrogen) atoms. The zero-order valence-electron chi connectivity index (χ0n) is 13.2. The fraction of sp³-hybridized carbons (Fsp3) is 0.316. The summed E-state index contributed by atoms with van der Waals surface area (Å²) >= 11 is 0. The van der Waals surface area contributed by atoms with Crippen LogP contribution in [0.25, 0.3) is 11.0 Å². The third-order valence-electron chi connectivity index (χ3n) is 4.47. The second kappa shape index (κ2) is 6.52. The van der Waals surface area contributed by atoms with Crippen molar-refractivity contribution in [3.8, 4) is 0 Å². The topological polar surface area (TPSA) is 44.0 Å². The number of imidazole rings is 1. The minimum Gasteiger partial charge on any atom is -0.342 e. The Balaban J connectivity index is 1.41. The van der Waals surface area contributed by atoms with Gasteiger partial charge in [0.1, 0.15) is 5.82 Å². The maximum Gasteiger partial charge on any atom is 0.108 e. The summed E-state index contributed by atoms with van der Waals surface area (Å²) in [6.45, 7) is 4.23. The number of fused-ring (bicyclic) bond motifs is 1. The van der Waals surface area contributed by atoms with Crippen molar-refractivity contribution >= 4 is 11.0 Å². The molecule has 0 saturated carbocycles. The Bertz CT molecular complexity index is 732. The predicted molar refractivity (Wildman–Crippen MR) is 93.3 cm³/mol. The molecule has 1 aromatic heterocycles. The lowest BCUT2D eigenvalue weighted by atomic mass is 10.1. The van der Waals surface area contributed by atoms with Crippen LogP contribution in [0.15, 0.2) is 54.6 Å². The number of piperazine rings is 1. The van der Waals surface area contributed by atoms with Crippen molar-refractivity contribution in [1.29, 1.82) is 0 Å². The van der Waals surface area contributed by atoms with Gasteiger partial charge >= 0.3 is 0 Å². The maximum atomic E-state index is 4.70. The van der Waals surface area contributed by atoms with Crippen molar-refractivity contribution in [3.63, 3.8) is 0 Å². The van der Waals surface area contributed by atoms with Crippen LogP contribution in [0, 0.1) is 0 Å². The van der Waals surface area contributed by atoms with Gasteiger partial charge in [0, 0.05) is 38.6 Å². The van der Waals surface area contributed by atoms with Gasteiger partial charge in [-0.2, -0.15) is 0 Å². The number of aromatic nitrogens is 2. The smallest absolute Gasteiger partial charge is 0.108 e. The number of benzene rings is 2. The molecule has 1 aliphatic rings. The Morgan fingerprint density at radius 2 is 1.87 bits per heavy atom. The van der Waals surface area contributed by atoms with Crippen molar-refractivity contribution in [2.75, 3.05) is 19.6 Å². The van der Waals surface area contributed by atoms with Gasteiger partial charge in [-0.25, -0.2) is 4.98 Å². The lowest BCUT2D eigenvalue weighted by molar-refractivity contribution is 0.191. The molecule has 1 fully saturated rings. The molecule has 2 N–H and O–H groups in total. The molecule has 1 atom stereocenters. The van der Waals surface area contributed by atoms with E-state index in [0.29, 0.717) is 6.04 Å². The van der Waals surface area contributed by atoms with Gasteiger partial charge in [-0.3, -0.25) is 4.90 Å². The van der Waals surface area contributed by atoms with Crippen LogP contribution in [0.5, 0.6) is 0 Å². The second-order valence-electron chi connectivity index (χ2n) is 6.28. The van der Waals surface area contributed by atoms with Crippen molar-refractivity contribution in [2.45, 2.75) is 19.0 Å². The van der Waals surface area contributed by atoms with Crippen LogP contribution in [-0.2, 0) is 13.0 Å². The molecule has 0 radical (unpaired) electrons. The molecule has 3 aromatic rings. The minimum absolute atomic E-state index is 0.452. The van der Waals surface area contributed by atoms with E-state index in [0.717, 1.165) is 49.5 Å². The zero-order chi connectivity index (χ0) is 15.5. The second-order valence-corrected chi connectivity index (χ2v) is 6.28. The summed E-state index contributed by atoms with van der Waals surface area (Å²) in [5, 5.41) is 3.63. The number of H-pyrrole nitrogens is 1. The molecule has 1 aliphatic heterocycles. The molecule has 4 nitrogen and oxygen atoms in total. The number of rotatable bonds is 4. The number of para-hydroxylation sites is 2. The Labute approximate surface area is 136 Å². The summed E-state index contributed by atoms with van der Waals surface area (Å²) in [6.07, 6.45) is 0.944. The molecule has 4 rings (SSSR count). The molecule has 0 aliphatic carbocycles. The monoisotopic (exact) mass is 306 g/mol. The largest absolute Gasteiger partial charge is 0.342 e. The van der Waals surface area contributed by atoms with Gasteiger partial charge in [-0.05, 0) is 17.7 Å². The van der Waals surface area contributed by atoms with E-state index in [1.54, 1.807) is 0 Å². The highest BCUT2D eigenvalue weighted by Gasteiger charge is 2.20. The fourth-order valence-corrected chi connectivity index (χ4v) is 3.35. The molecule has 4 heteroatoms. The van der Waals surface area contributed by atoms with Gasteiger partial charge in [-0.1, -0.05) is 42.5 Å². The van der Waals surface area contributed by atoms with Gasteiger partial charge in [-0.15, -0.1) is 0 Å². The molecule has 1 saturated heterocycles. The van der Waals surface area contributed by atoms with Gasteiger partial charge in [0.25, 0.3) is 0 Å². The summed E-state index contributed by atoms with van der Waals surface area (Å²) in [6, 6.07) is 19.4. The van der Waals surface area contributed by atoms with Crippen LogP contribution >= 0.6 is 0 Å². The molecule has 2 aromatic carbocycles. The van der Waals surface area contributed by atoms with Crippen LogP contribution in [0.2, 0.25) is 0 Å². The van der Waals surface area contributed by atoms with E-state index >= 15 is 0 Å². The van der Waals surface area contributed by atoms with Crippen LogP contribution in [-0.4, -0.2) is 40.5 Å². The van der Waals surface area contributed by atoms with E-state index in [4.69, 9.17) is 4.98 Å². The molecule has 2 heterocycles. The number of aromatic amines is 1. The van der Waals surface area contributed by atoms with Crippen molar-refractivity contribution in [3.05, 3.63) is 66.0 Å². The average Bonchev–Trinajstić information content (AvgIpc) is 2.98. The summed E-state index contributed by atoms with van der Waals surface area (Å²) in [5.74, 6) is 1.07. The molecule has 0 bridgehead atoms. The van der Waals surface area contributed by atoms with E-state index < -0.39 is 0 Å². The zero-order valence-corrected chi connectivity index (χ0v) is 13.2. The first-order valence-corrected chi connectivity index (χ1v) is 8.30. The van der Waals surface area contributed by atoms with E-state index in [2.05, 4.69) is 57.7 Å². The summed E-state index contributed by atoms with van der Waals surface area (Å²) in [7, 11) is 0. The molecular weight excluding hydrogens is 284 g/mol. The summed E-state index contributed by atoms with van der Waals surface area (Å²) < 4.78 is 0. The van der Waals surface area contributed by atoms with Crippen molar-refractivity contribution < 1.29 is 0 Å². The first kappa shape index (κ1) is 14.4. The molecular formula is C19H22N4. The molecule has 0 amide bonds. The van der Waals surface area contributed by atoms with Gasteiger partial charge in [0.2, 0.25) is 0 Å². The third kappa shape index (κ3) is 3.44. The maximum absolute atomic E-state index is 4.70. The molecule has 118 valence electrons. The van der Waals surface area contributed by atoms with Crippen molar-refractivity contribution in [1.82, 2.24) is 20.2 Å². The van der Waals surface area contributed by atoms with Gasteiger partial charge in [0.05, 0.1) is 11.0 Å². The highest BCUT2D eigenvalue weighted by atomic mass is 15.2. The van der Waals surface area contributed by atoms with E-state index in [-0.39, 0.29) is 0 Å². The fourth-order valence-electron chi connectivity index (χ4n) is 3.35. The van der Waals surface area contributed by atoms with Crippen LogP contribution in [0.1, 0.15) is 11.4 Å². The Hall–Kier alpha value is -2.17. The quantitative estimate of drug-likeness (QED) is 0.778. The average molecular weight is 306 g/mol. The van der Waals surface area contributed by atoms with E-state index in [9.17, 15) is 0 Å². The number of hydrogen-bond donors (Lipinski definition) is 2. The standard InChI is InChI=1S/C19H22N4/c1-2-6-15(7-3-1)13-23-11-10-20-16(14-23)12-19-21-17-8-4-5-9-18(17)22-19/h1-9,16,20H,10-14H2,(H,21,22)/t16-/m1/s1. The third-order valence-corrected chi connectivity index (χ3v) is 4.47. The number of nitrogens with zero attached hydrogens (tertiary/aromatic N) is 2. The Kier molecular flexibility index (Phi) is 4.09. The lowest BCUT2D eigenvalue weighted by Gasteiger charge is -2.33.